The van der Waals surface area contributed by atoms with Crippen molar-refractivity contribution in [3.8, 4) is 0 Å². The predicted octanol–water partition coefficient (Wildman–Crippen LogP) is 7.27. The Labute approximate surface area is 309 Å². The second kappa shape index (κ2) is 32.5. The first-order chi connectivity index (χ1) is 24.8. The molecule has 1 fully saturated rings. The van der Waals surface area contributed by atoms with Gasteiger partial charge in [0.1, 0.15) is 24.4 Å². The van der Waals surface area contributed by atoms with E-state index < -0.39 is 49.5 Å². The summed E-state index contributed by atoms with van der Waals surface area (Å²) in [5, 5.41) is 53.6. The maximum atomic E-state index is 12.8. The van der Waals surface area contributed by atoms with Gasteiger partial charge < -0.3 is 40.3 Å². The number of carbonyl (C=O) groups excluding carboxylic acids is 1. The maximum Gasteiger partial charge on any atom is 0.220 e. The number of ether oxygens (including phenoxy) is 2. The number of unbranched alkanes of at least 4 members (excludes halogenated alkanes) is 13. The summed E-state index contributed by atoms with van der Waals surface area (Å²) in [6, 6.07) is -0.804. The lowest BCUT2D eigenvalue weighted by molar-refractivity contribution is -0.302. The Kier molecular flexibility index (Phi) is 29.9. The van der Waals surface area contributed by atoms with Crippen LogP contribution in [0.15, 0.2) is 60.8 Å². The molecule has 9 nitrogen and oxygen atoms in total. The SMILES string of the molecule is CC/C=C\C/C=C\C/C=C\C/C=C\CCCCCCCCCCCCC(=O)NC(COC1OC(CO)C(O)C(O)C1O)C(O)/C=C/CCCCC. The molecule has 0 aromatic rings. The van der Waals surface area contributed by atoms with Crippen LogP contribution in [-0.4, -0.2) is 87.5 Å². The lowest BCUT2D eigenvalue weighted by Crippen LogP contribution is -2.60. The molecule has 1 heterocycles. The molecule has 0 saturated carbocycles. The number of hydrogen-bond acceptors (Lipinski definition) is 8. The summed E-state index contributed by atoms with van der Waals surface area (Å²) in [7, 11) is 0. The van der Waals surface area contributed by atoms with Crippen molar-refractivity contribution in [1.29, 1.82) is 0 Å². The highest BCUT2D eigenvalue weighted by molar-refractivity contribution is 5.76. The third-order valence-electron chi connectivity index (χ3n) is 9.10. The van der Waals surface area contributed by atoms with E-state index in [1.165, 1.54) is 44.9 Å². The average molecular weight is 720 g/mol. The van der Waals surface area contributed by atoms with Crippen LogP contribution >= 0.6 is 0 Å². The minimum Gasteiger partial charge on any atom is -0.394 e. The van der Waals surface area contributed by atoms with Crippen molar-refractivity contribution in [3.05, 3.63) is 60.8 Å². The molecule has 0 bridgehead atoms. The molecule has 6 N–H and O–H groups in total. The van der Waals surface area contributed by atoms with Crippen LogP contribution in [0.5, 0.6) is 0 Å². The largest absolute Gasteiger partial charge is 0.394 e. The van der Waals surface area contributed by atoms with Crippen LogP contribution < -0.4 is 5.32 Å². The molecule has 7 unspecified atom stereocenters. The summed E-state index contributed by atoms with van der Waals surface area (Å²) in [5.74, 6) is -0.193. The summed E-state index contributed by atoms with van der Waals surface area (Å²) in [5.41, 5.74) is 0. The molecule has 1 saturated heterocycles. The van der Waals surface area contributed by atoms with Crippen molar-refractivity contribution in [2.45, 2.75) is 185 Å². The third kappa shape index (κ3) is 24.0. The summed E-state index contributed by atoms with van der Waals surface area (Å²) >= 11 is 0. The molecule has 0 radical (unpaired) electrons. The fourth-order valence-corrected chi connectivity index (χ4v) is 5.85. The van der Waals surface area contributed by atoms with Gasteiger partial charge in [0.15, 0.2) is 6.29 Å². The topological polar surface area (TPSA) is 149 Å². The number of carbonyl (C=O) groups is 1. The molecule has 1 amide bonds. The van der Waals surface area contributed by atoms with Crippen LogP contribution in [0.4, 0.5) is 0 Å². The molecule has 0 aromatic heterocycles. The number of allylic oxidation sites excluding steroid dienone is 9. The van der Waals surface area contributed by atoms with Gasteiger partial charge in [-0.3, -0.25) is 4.79 Å². The van der Waals surface area contributed by atoms with Gasteiger partial charge in [0, 0.05) is 6.42 Å². The van der Waals surface area contributed by atoms with E-state index >= 15 is 0 Å². The van der Waals surface area contributed by atoms with E-state index in [9.17, 15) is 30.3 Å². The van der Waals surface area contributed by atoms with Crippen molar-refractivity contribution in [2.75, 3.05) is 13.2 Å². The Hall–Kier alpha value is -2.11. The van der Waals surface area contributed by atoms with Crippen molar-refractivity contribution in [2.24, 2.45) is 0 Å². The lowest BCUT2D eigenvalue weighted by Gasteiger charge is -2.40. The van der Waals surface area contributed by atoms with Gasteiger partial charge in [-0.1, -0.05) is 139 Å². The number of nitrogens with one attached hydrogen (secondary N) is 1. The van der Waals surface area contributed by atoms with E-state index in [0.717, 1.165) is 77.0 Å². The van der Waals surface area contributed by atoms with Gasteiger partial charge in [-0.15, -0.1) is 0 Å². The predicted molar refractivity (Wildman–Crippen MR) is 207 cm³/mol. The highest BCUT2D eigenvalue weighted by Gasteiger charge is 2.44. The van der Waals surface area contributed by atoms with Gasteiger partial charge in [-0.25, -0.2) is 0 Å². The number of rotatable bonds is 31. The van der Waals surface area contributed by atoms with E-state index in [0.29, 0.717) is 6.42 Å². The second-order valence-corrected chi connectivity index (χ2v) is 13.7. The molecule has 1 aliphatic rings. The van der Waals surface area contributed by atoms with Gasteiger partial charge in [0.25, 0.3) is 0 Å². The highest BCUT2D eigenvalue weighted by Crippen LogP contribution is 2.22. The first-order valence-corrected chi connectivity index (χ1v) is 20.0. The highest BCUT2D eigenvalue weighted by atomic mass is 16.7. The van der Waals surface area contributed by atoms with Crippen LogP contribution in [0.25, 0.3) is 0 Å². The van der Waals surface area contributed by atoms with Gasteiger partial charge in [-0.2, -0.15) is 0 Å². The van der Waals surface area contributed by atoms with Crippen LogP contribution in [0.2, 0.25) is 0 Å². The van der Waals surface area contributed by atoms with Gasteiger partial charge in [0.2, 0.25) is 5.91 Å². The van der Waals surface area contributed by atoms with E-state index in [-0.39, 0.29) is 12.5 Å². The third-order valence-corrected chi connectivity index (χ3v) is 9.10. The van der Waals surface area contributed by atoms with Crippen LogP contribution in [-0.2, 0) is 14.3 Å². The zero-order valence-electron chi connectivity index (χ0n) is 31.8. The summed E-state index contributed by atoms with van der Waals surface area (Å²) < 4.78 is 11.1. The quantitative estimate of drug-likeness (QED) is 0.0324. The molecule has 51 heavy (non-hydrogen) atoms. The maximum absolute atomic E-state index is 12.8. The van der Waals surface area contributed by atoms with Gasteiger partial charge >= 0.3 is 0 Å². The molecule has 0 spiro atoms. The fourth-order valence-electron chi connectivity index (χ4n) is 5.85. The molecule has 0 aliphatic carbocycles. The van der Waals surface area contributed by atoms with E-state index in [1.54, 1.807) is 6.08 Å². The molecule has 7 atom stereocenters. The average Bonchev–Trinajstić information content (AvgIpc) is 3.13. The second-order valence-electron chi connectivity index (χ2n) is 13.7. The minimum atomic E-state index is -1.57. The van der Waals surface area contributed by atoms with Gasteiger partial charge in [0.05, 0.1) is 25.4 Å². The monoisotopic (exact) mass is 720 g/mol. The molecular weight excluding hydrogens is 646 g/mol. The molecule has 0 aromatic carbocycles. The van der Waals surface area contributed by atoms with E-state index in [4.69, 9.17) is 9.47 Å². The molecule has 1 aliphatic heterocycles. The van der Waals surface area contributed by atoms with Gasteiger partial charge in [-0.05, 0) is 57.8 Å². The number of aliphatic hydroxyl groups excluding tert-OH is 5. The molecule has 1 rings (SSSR count). The van der Waals surface area contributed by atoms with Crippen molar-refractivity contribution in [1.82, 2.24) is 5.32 Å². The van der Waals surface area contributed by atoms with Crippen LogP contribution in [0.3, 0.4) is 0 Å². The summed E-state index contributed by atoms with van der Waals surface area (Å²) in [6.07, 6.45) is 34.6. The van der Waals surface area contributed by atoms with Crippen molar-refractivity contribution < 1.29 is 39.8 Å². The number of amides is 1. The number of aliphatic hydroxyl groups is 5. The lowest BCUT2D eigenvalue weighted by atomic mass is 9.99. The summed E-state index contributed by atoms with van der Waals surface area (Å²) in [6.45, 7) is 3.51. The van der Waals surface area contributed by atoms with E-state index in [1.807, 2.05) is 6.08 Å². The van der Waals surface area contributed by atoms with Crippen LogP contribution in [0, 0.1) is 0 Å². The van der Waals surface area contributed by atoms with Crippen LogP contribution in [0.1, 0.15) is 142 Å². The Morgan fingerprint density at radius 1 is 0.686 bits per heavy atom. The first kappa shape index (κ1) is 46.9. The smallest absolute Gasteiger partial charge is 0.220 e. The Morgan fingerprint density at radius 2 is 1.22 bits per heavy atom. The summed E-state index contributed by atoms with van der Waals surface area (Å²) in [4.78, 5) is 12.8. The zero-order chi connectivity index (χ0) is 37.4. The standard InChI is InChI=1S/C42H73NO8/c1-3-5-7-9-10-11-12-13-14-15-16-17-18-19-20-21-22-23-24-25-26-28-30-32-38(46)43-35(36(45)31-29-27-8-6-4-2)34-50-42-41(49)40(48)39(47)37(33-44)51-42/h5,7,10-11,13-14,16-17,29,31,35-37,39-42,44-45,47-49H,3-4,6,8-9,12,15,18-28,30,32-34H2,1-2H3,(H,43,46)/b7-5-,11-10-,14-13-,17-16-,31-29+. The number of hydrogen-bond donors (Lipinski definition) is 6. The zero-order valence-corrected chi connectivity index (χ0v) is 31.8. The van der Waals surface area contributed by atoms with Crippen molar-refractivity contribution >= 4 is 5.91 Å². The molecule has 9 heteroatoms. The fraction of sp³-hybridized carbons (Fsp3) is 0.738. The normalized spacial score (nSPS) is 22.7. The first-order valence-electron chi connectivity index (χ1n) is 20.0. The molecule has 294 valence electrons. The van der Waals surface area contributed by atoms with E-state index in [2.05, 4.69) is 67.8 Å². The minimum absolute atomic E-state index is 0.193. The molecular formula is C42H73NO8. The Balaban J connectivity index is 2.22. The Morgan fingerprint density at radius 3 is 1.80 bits per heavy atom. The Bertz CT molecular complexity index is 978. The van der Waals surface area contributed by atoms with Crippen molar-refractivity contribution in [3.63, 3.8) is 0 Å².